The number of carbonyl (C=O) groups excluding carboxylic acids is 1. The van der Waals surface area contributed by atoms with E-state index in [1.165, 1.54) is 0 Å². The molecule has 3 unspecified atom stereocenters. The molecular formula is C19H27ClN4O3. The van der Waals surface area contributed by atoms with Crippen molar-refractivity contribution in [3.63, 3.8) is 0 Å². The second-order valence-electron chi connectivity index (χ2n) is 7.92. The molecule has 27 heavy (non-hydrogen) atoms. The number of carbonyl (C=O) groups is 1. The number of likely N-dealkylation sites (tertiary alicyclic amines) is 1. The number of piperidine rings is 1. The van der Waals surface area contributed by atoms with Gasteiger partial charge in [0.1, 0.15) is 5.69 Å². The highest BCUT2D eigenvalue weighted by molar-refractivity contribution is 5.85. The van der Waals surface area contributed by atoms with Gasteiger partial charge in [-0.15, -0.1) is 12.4 Å². The molecule has 3 atom stereocenters. The van der Waals surface area contributed by atoms with E-state index < -0.39 is 0 Å². The first-order valence-corrected chi connectivity index (χ1v) is 9.57. The SMILES string of the molecule is Cl.NC1CCC2CN(C(=O)C3CCN(c4ccccc4[N+](=O)[O-])CC3)CC12. The fourth-order valence-electron chi connectivity index (χ4n) is 5.00. The molecule has 1 aromatic carbocycles. The van der Waals surface area contributed by atoms with E-state index in [2.05, 4.69) is 0 Å². The van der Waals surface area contributed by atoms with E-state index in [4.69, 9.17) is 5.73 Å². The second kappa shape index (κ2) is 8.02. The summed E-state index contributed by atoms with van der Waals surface area (Å²) < 4.78 is 0. The van der Waals surface area contributed by atoms with Gasteiger partial charge in [-0.25, -0.2) is 0 Å². The third kappa shape index (κ3) is 3.75. The van der Waals surface area contributed by atoms with Crippen LogP contribution in [0.1, 0.15) is 25.7 Å². The summed E-state index contributed by atoms with van der Waals surface area (Å²) in [6.45, 7) is 3.04. The zero-order valence-electron chi connectivity index (χ0n) is 15.3. The van der Waals surface area contributed by atoms with Crippen molar-refractivity contribution in [1.82, 2.24) is 4.90 Å². The molecule has 148 valence electrons. The Bertz CT molecular complexity index is 708. The van der Waals surface area contributed by atoms with Gasteiger partial charge in [-0.1, -0.05) is 12.1 Å². The van der Waals surface area contributed by atoms with Gasteiger partial charge < -0.3 is 15.5 Å². The van der Waals surface area contributed by atoms with E-state index in [0.717, 1.165) is 38.8 Å². The number of rotatable bonds is 3. The topological polar surface area (TPSA) is 92.7 Å². The van der Waals surface area contributed by atoms with Crippen molar-refractivity contribution in [2.75, 3.05) is 31.1 Å². The Morgan fingerprint density at radius 2 is 1.81 bits per heavy atom. The first-order valence-electron chi connectivity index (χ1n) is 9.57. The van der Waals surface area contributed by atoms with Gasteiger partial charge in [0.15, 0.2) is 0 Å². The highest BCUT2D eigenvalue weighted by atomic mass is 35.5. The maximum Gasteiger partial charge on any atom is 0.292 e. The molecule has 1 aliphatic carbocycles. The molecule has 2 heterocycles. The number of anilines is 1. The molecule has 4 rings (SSSR count). The number of amides is 1. The highest BCUT2D eigenvalue weighted by Gasteiger charge is 2.43. The minimum Gasteiger partial charge on any atom is -0.366 e. The van der Waals surface area contributed by atoms with Gasteiger partial charge in [0, 0.05) is 44.2 Å². The molecule has 0 aromatic heterocycles. The van der Waals surface area contributed by atoms with Crippen LogP contribution in [0.5, 0.6) is 0 Å². The summed E-state index contributed by atoms with van der Waals surface area (Å²) in [6, 6.07) is 7.10. The van der Waals surface area contributed by atoms with E-state index in [9.17, 15) is 14.9 Å². The Morgan fingerprint density at radius 3 is 2.48 bits per heavy atom. The Balaban J connectivity index is 0.00000210. The van der Waals surface area contributed by atoms with Gasteiger partial charge in [0.05, 0.1) is 4.92 Å². The van der Waals surface area contributed by atoms with E-state index in [1.807, 2.05) is 15.9 Å². The minimum absolute atomic E-state index is 0. The van der Waals surface area contributed by atoms with Crippen LogP contribution in [0.25, 0.3) is 0 Å². The molecule has 0 spiro atoms. The molecule has 2 aliphatic heterocycles. The summed E-state index contributed by atoms with van der Waals surface area (Å²) in [5, 5.41) is 11.2. The molecule has 0 radical (unpaired) electrons. The normalized spacial score (nSPS) is 28.0. The van der Waals surface area contributed by atoms with E-state index in [1.54, 1.807) is 18.2 Å². The fourth-order valence-corrected chi connectivity index (χ4v) is 5.00. The number of nitrogens with zero attached hydrogens (tertiary/aromatic N) is 3. The average Bonchev–Trinajstić information content (AvgIpc) is 3.23. The maximum atomic E-state index is 12.9. The molecule has 3 aliphatic rings. The van der Waals surface area contributed by atoms with Gasteiger partial charge in [-0.2, -0.15) is 0 Å². The predicted molar refractivity (Wildman–Crippen MR) is 106 cm³/mol. The number of halogens is 1. The molecule has 8 heteroatoms. The van der Waals surface area contributed by atoms with Crippen LogP contribution < -0.4 is 10.6 Å². The van der Waals surface area contributed by atoms with Crippen molar-refractivity contribution >= 4 is 29.7 Å². The lowest BCUT2D eigenvalue weighted by molar-refractivity contribution is -0.384. The minimum atomic E-state index is -0.335. The number of benzene rings is 1. The number of para-hydroxylation sites is 2. The quantitative estimate of drug-likeness (QED) is 0.627. The van der Waals surface area contributed by atoms with Crippen LogP contribution in [0, 0.1) is 27.9 Å². The summed E-state index contributed by atoms with van der Waals surface area (Å²) in [6.07, 6.45) is 3.74. The van der Waals surface area contributed by atoms with Gasteiger partial charge in [0.25, 0.3) is 5.69 Å². The van der Waals surface area contributed by atoms with Crippen LogP contribution in [0.3, 0.4) is 0 Å². The Kier molecular flexibility index (Phi) is 5.91. The average molecular weight is 395 g/mol. The summed E-state index contributed by atoms with van der Waals surface area (Å²) in [5.41, 5.74) is 6.98. The number of nitrogens with two attached hydrogens (primary N) is 1. The summed E-state index contributed by atoms with van der Waals surface area (Å²) in [7, 11) is 0. The lowest BCUT2D eigenvalue weighted by Gasteiger charge is -2.34. The standard InChI is InChI=1S/C19H26N4O3.ClH/c20-16-6-5-14-11-22(12-15(14)16)19(24)13-7-9-21(10-8-13)17-3-1-2-4-18(17)23(25)26;/h1-4,13-16H,5-12,20H2;1H. The molecule has 0 bridgehead atoms. The molecule has 2 saturated heterocycles. The highest BCUT2D eigenvalue weighted by Crippen LogP contribution is 2.38. The predicted octanol–water partition coefficient (Wildman–Crippen LogP) is 2.43. The maximum absolute atomic E-state index is 12.9. The number of hydrogen-bond acceptors (Lipinski definition) is 5. The van der Waals surface area contributed by atoms with Crippen LogP contribution in [-0.2, 0) is 4.79 Å². The summed E-state index contributed by atoms with van der Waals surface area (Å²) >= 11 is 0. The van der Waals surface area contributed by atoms with Crippen molar-refractivity contribution in [1.29, 1.82) is 0 Å². The number of fused-ring (bicyclic) bond motifs is 1. The van der Waals surface area contributed by atoms with Crippen molar-refractivity contribution in [2.24, 2.45) is 23.5 Å². The molecule has 1 aromatic rings. The van der Waals surface area contributed by atoms with Crippen LogP contribution in [-0.4, -0.2) is 48.0 Å². The van der Waals surface area contributed by atoms with Gasteiger partial charge in [-0.3, -0.25) is 14.9 Å². The smallest absolute Gasteiger partial charge is 0.292 e. The van der Waals surface area contributed by atoms with Crippen LogP contribution in [0.4, 0.5) is 11.4 Å². The first kappa shape index (κ1) is 19.9. The zero-order valence-corrected chi connectivity index (χ0v) is 16.1. The second-order valence-corrected chi connectivity index (χ2v) is 7.92. The van der Waals surface area contributed by atoms with Gasteiger partial charge in [-0.05, 0) is 43.6 Å². The van der Waals surface area contributed by atoms with E-state index in [-0.39, 0.29) is 40.9 Å². The van der Waals surface area contributed by atoms with Gasteiger partial charge in [0.2, 0.25) is 5.91 Å². The lowest BCUT2D eigenvalue weighted by atomic mass is 9.94. The van der Waals surface area contributed by atoms with Crippen LogP contribution in [0.15, 0.2) is 24.3 Å². The monoisotopic (exact) mass is 394 g/mol. The molecule has 1 amide bonds. The van der Waals surface area contributed by atoms with Crippen LogP contribution >= 0.6 is 12.4 Å². The van der Waals surface area contributed by atoms with Crippen molar-refractivity contribution < 1.29 is 9.72 Å². The van der Waals surface area contributed by atoms with Crippen molar-refractivity contribution in [3.05, 3.63) is 34.4 Å². The van der Waals surface area contributed by atoms with E-state index >= 15 is 0 Å². The van der Waals surface area contributed by atoms with Crippen LogP contribution in [0.2, 0.25) is 0 Å². The third-order valence-corrected chi connectivity index (χ3v) is 6.49. The third-order valence-electron chi connectivity index (χ3n) is 6.49. The summed E-state index contributed by atoms with van der Waals surface area (Å²) in [4.78, 5) is 27.9. The van der Waals surface area contributed by atoms with Gasteiger partial charge >= 0.3 is 0 Å². The molecular weight excluding hydrogens is 368 g/mol. The Morgan fingerprint density at radius 1 is 1.11 bits per heavy atom. The number of nitro groups is 1. The Hall–Kier alpha value is -1.86. The van der Waals surface area contributed by atoms with E-state index in [0.29, 0.717) is 30.6 Å². The Labute approximate surface area is 165 Å². The van der Waals surface area contributed by atoms with Crippen molar-refractivity contribution in [3.8, 4) is 0 Å². The first-order chi connectivity index (χ1) is 12.5. The molecule has 7 nitrogen and oxygen atoms in total. The number of hydrogen-bond donors (Lipinski definition) is 1. The molecule has 2 N–H and O–H groups in total. The summed E-state index contributed by atoms with van der Waals surface area (Å²) in [5.74, 6) is 1.35. The van der Waals surface area contributed by atoms with Crippen molar-refractivity contribution in [2.45, 2.75) is 31.7 Å². The zero-order chi connectivity index (χ0) is 18.3. The molecule has 3 fully saturated rings. The molecule has 1 saturated carbocycles. The number of nitro benzene ring substituents is 1. The largest absolute Gasteiger partial charge is 0.366 e. The lowest BCUT2D eigenvalue weighted by Crippen LogP contribution is -2.42. The fraction of sp³-hybridized carbons (Fsp3) is 0.632.